The normalized spacial score (nSPS) is 17.5. The highest BCUT2D eigenvalue weighted by Crippen LogP contribution is 2.20. The number of carbonyl (C=O) groups is 1. The minimum Gasteiger partial charge on any atom is -0.453 e. The maximum absolute atomic E-state index is 11.8. The van der Waals surface area contributed by atoms with Gasteiger partial charge in [0.15, 0.2) is 0 Å². The van der Waals surface area contributed by atoms with Gasteiger partial charge in [-0.05, 0) is 25.3 Å². The van der Waals surface area contributed by atoms with E-state index < -0.39 is 0 Å². The molecule has 1 unspecified atom stereocenters. The van der Waals surface area contributed by atoms with Gasteiger partial charge in [-0.1, -0.05) is 30.3 Å². The van der Waals surface area contributed by atoms with Crippen molar-refractivity contribution in [1.82, 2.24) is 9.80 Å². The Morgan fingerprint density at radius 3 is 2.46 bits per heavy atom. The summed E-state index contributed by atoms with van der Waals surface area (Å²) in [5.74, 6) is 0. The van der Waals surface area contributed by atoms with E-state index >= 15 is 0 Å². The van der Waals surface area contributed by atoms with Crippen LogP contribution in [0, 0.1) is 0 Å². The highest BCUT2D eigenvalue weighted by molar-refractivity contribution is 5.67. The number of methoxy groups -OCH3 is 2. The lowest BCUT2D eigenvalue weighted by molar-refractivity contribution is -0.222. The summed E-state index contributed by atoms with van der Waals surface area (Å²) in [6.45, 7) is 4.80. The maximum Gasteiger partial charge on any atom is 0.409 e. The summed E-state index contributed by atoms with van der Waals surface area (Å²) in [6.07, 6.45) is 1.16. The van der Waals surface area contributed by atoms with Crippen molar-refractivity contribution in [3.8, 4) is 0 Å². The summed E-state index contributed by atoms with van der Waals surface area (Å²) in [4.78, 5) is 15.8. The summed E-state index contributed by atoms with van der Waals surface area (Å²) < 4.78 is 16.3. The van der Waals surface area contributed by atoms with E-state index in [-0.39, 0.29) is 18.5 Å². The Labute approximate surface area is 144 Å². The SMILES string of the molecule is CCN(C(=O)OC)C1CCN(C(OC)OCc2ccccc2)CC1. The topological polar surface area (TPSA) is 51.2 Å². The smallest absolute Gasteiger partial charge is 0.409 e. The molecule has 1 aromatic carbocycles. The lowest BCUT2D eigenvalue weighted by Gasteiger charge is -2.39. The summed E-state index contributed by atoms with van der Waals surface area (Å²) >= 11 is 0. The minimum absolute atomic E-state index is 0.213. The van der Waals surface area contributed by atoms with Crippen LogP contribution in [0.15, 0.2) is 30.3 Å². The van der Waals surface area contributed by atoms with E-state index in [9.17, 15) is 4.79 Å². The predicted molar refractivity (Wildman–Crippen MR) is 91.4 cm³/mol. The van der Waals surface area contributed by atoms with Gasteiger partial charge in [0.1, 0.15) is 0 Å². The molecule has 1 aliphatic heterocycles. The second-order valence-electron chi connectivity index (χ2n) is 5.86. The number of nitrogens with zero attached hydrogens (tertiary/aromatic N) is 2. The molecule has 1 aliphatic rings. The molecular formula is C18H28N2O4. The quantitative estimate of drug-likeness (QED) is 0.717. The standard InChI is InChI=1S/C18H28N2O4/c1-4-20(17(21)22-2)16-10-12-19(13-11-16)18(23-3)24-14-15-8-6-5-7-9-15/h5-9,16,18H,4,10-14H2,1-3H3. The number of amides is 1. The number of carbonyl (C=O) groups excluding carboxylic acids is 1. The molecule has 134 valence electrons. The van der Waals surface area contributed by atoms with E-state index in [1.807, 2.05) is 37.3 Å². The second-order valence-corrected chi connectivity index (χ2v) is 5.86. The maximum atomic E-state index is 11.8. The number of hydrogen-bond acceptors (Lipinski definition) is 5. The molecule has 1 amide bonds. The fourth-order valence-electron chi connectivity index (χ4n) is 3.13. The number of hydrogen-bond donors (Lipinski definition) is 0. The highest BCUT2D eigenvalue weighted by atomic mass is 16.7. The molecule has 2 rings (SSSR count). The Kier molecular flexibility index (Phi) is 7.49. The van der Waals surface area contributed by atoms with Crippen molar-refractivity contribution in [1.29, 1.82) is 0 Å². The highest BCUT2D eigenvalue weighted by Gasteiger charge is 2.30. The van der Waals surface area contributed by atoms with Gasteiger partial charge < -0.3 is 19.1 Å². The first-order valence-corrected chi connectivity index (χ1v) is 8.46. The molecule has 24 heavy (non-hydrogen) atoms. The van der Waals surface area contributed by atoms with Crippen molar-refractivity contribution in [3.63, 3.8) is 0 Å². The van der Waals surface area contributed by atoms with Crippen LogP contribution >= 0.6 is 0 Å². The average molecular weight is 336 g/mol. The summed E-state index contributed by atoms with van der Waals surface area (Å²) in [5.41, 5.74) is 1.12. The number of ether oxygens (including phenoxy) is 3. The molecule has 0 saturated carbocycles. The number of benzene rings is 1. The van der Waals surface area contributed by atoms with Gasteiger partial charge in [-0.2, -0.15) is 0 Å². The monoisotopic (exact) mass is 336 g/mol. The van der Waals surface area contributed by atoms with Crippen LogP contribution in [-0.4, -0.2) is 62.2 Å². The first-order valence-electron chi connectivity index (χ1n) is 8.46. The minimum atomic E-state index is -0.362. The van der Waals surface area contributed by atoms with Crippen LogP contribution in [0.3, 0.4) is 0 Å². The summed E-state index contributed by atoms with van der Waals surface area (Å²) in [6, 6.07) is 10.3. The van der Waals surface area contributed by atoms with E-state index in [4.69, 9.17) is 14.2 Å². The van der Waals surface area contributed by atoms with E-state index in [1.54, 1.807) is 12.0 Å². The molecule has 6 heteroatoms. The van der Waals surface area contributed by atoms with Crippen molar-refractivity contribution in [2.75, 3.05) is 33.9 Å². The van der Waals surface area contributed by atoms with Gasteiger partial charge in [-0.25, -0.2) is 4.79 Å². The summed E-state index contributed by atoms with van der Waals surface area (Å²) in [5, 5.41) is 0. The zero-order valence-electron chi connectivity index (χ0n) is 14.8. The average Bonchev–Trinajstić information content (AvgIpc) is 2.64. The van der Waals surface area contributed by atoms with Crippen molar-refractivity contribution in [2.45, 2.75) is 38.8 Å². The van der Waals surface area contributed by atoms with Crippen LogP contribution in [0.5, 0.6) is 0 Å². The molecule has 1 fully saturated rings. The van der Waals surface area contributed by atoms with Crippen LogP contribution in [0.4, 0.5) is 4.79 Å². The first kappa shape index (κ1) is 18.7. The third kappa shape index (κ3) is 4.93. The Morgan fingerprint density at radius 1 is 1.25 bits per heavy atom. The molecule has 1 aromatic rings. The Balaban J connectivity index is 1.84. The van der Waals surface area contributed by atoms with Gasteiger partial charge in [0.05, 0.1) is 13.7 Å². The largest absolute Gasteiger partial charge is 0.453 e. The lowest BCUT2D eigenvalue weighted by Crippen LogP contribution is -2.50. The van der Waals surface area contributed by atoms with E-state index in [2.05, 4.69) is 4.90 Å². The number of piperidine rings is 1. The molecule has 1 heterocycles. The van der Waals surface area contributed by atoms with Crippen LogP contribution in [0.1, 0.15) is 25.3 Å². The molecule has 0 N–H and O–H groups in total. The van der Waals surface area contributed by atoms with Gasteiger partial charge in [-0.3, -0.25) is 4.90 Å². The Hall–Kier alpha value is -1.63. The lowest BCUT2D eigenvalue weighted by atomic mass is 10.0. The van der Waals surface area contributed by atoms with Gasteiger partial charge >= 0.3 is 6.09 Å². The fraction of sp³-hybridized carbons (Fsp3) is 0.611. The zero-order chi connectivity index (χ0) is 17.4. The van der Waals surface area contributed by atoms with Crippen LogP contribution in [0.2, 0.25) is 0 Å². The van der Waals surface area contributed by atoms with Crippen LogP contribution < -0.4 is 0 Å². The molecular weight excluding hydrogens is 308 g/mol. The first-order chi connectivity index (χ1) is 11.7. The second kappa shape index (κ2) is 9.61. The zero-order valence-corrected chi connectivity index (χ0v) is 14.8. The molecule has 6 nitrogen and oxygen atoms in total. The van der Waals surface area contributed by atoms with Crippen LogP contribution in [-0.2, 0) is 20.8 Å². The van der Waals surface area contributed by atoms with Crippen LogP contribution in [0.25, 0.3) is 0 Å². The van der Waals surface area contributed by atoms with Crippen molar-refractivity contribution >= 4 is 6.09 Å². The summed E-state index contributed by atoms with van der Waals surface area (Å²) in [7, 11) is 3.09. The van der Waals surface area contributed by atoms with E-state index in [1.165, 1.54) is 7.11 Å². The molecule has 0 radical (unpaired) electrons. The van der Waals surface area contributed by atoms with Crippen molar-refractivity contribution in [2.24, 2.45) is 0 Å². The third-order valence-electron chi connectivity index (χ3n) is 4.42. The van der Waals surface area contributed by atoms with Gasteiger partial charge in [0, 0.05) is 32.8 Å². The molecule has 0 bridgehead atoms. The molecule has 1 saturated heterocycles. The van der Waals surface area contributed by atoms with Crippen molar-refractivity contribution < 1.29 is 19.0 Å². The number of rotatable bonds is 7. The third-order valence-corrected chi connectivity index (χ3v) is 4.42. The molecule has 0 spiro atoms. The van der Waals surface area contributed by atoms with Gasteiger partial charge in [0.25, 0.3) is 0 Å². The molecule has 1 atom stereocenters. The van der Waals surface area contributed by atoms with E-state index in [0.29, 0.717) is 13.2 Å². The molecule has 0 aliphatic carbocycles. The van der Waals surface area contributed by atoms with Gasteiger partial charge in [0.2, 0.25) is 6.41 Å². The predicted octanol–water partition coefficient (Wildman–Crippen LogP) is 2.69. The Bertz CT molecular complexity index is 489. The number of likely N-dealkylation sites (tertiary alicyclic amines) is 1. The Morgan fingerprint density at radius 2 is 1.92 bits per heavy atom. The van der Waals surface area contributed by atoms with Crippen molar-refractivity contribution in [3.05, 3.63) is 35.9 Å². The molecule has 0 aromatic heterocycles. The van der Waals surface area contributed by atoms with Gasteiger partial charge in [-0.15, -0.1) is 0 Å². The van der Waals surface area contributed by atoms with E-state index in [0.717, 1.165) is 31.5 Å². The fourth-order valence-corrected chi connectivity index (χ4v) is 3.13.